The summed E-state index contributed by atoms with van der Waals surface area (Å²) in [6, 6.07) is 7.22. The Labute approximate surface area is 158 Å². The molecule has 0 radical (unpaired) electrons. The van der Waals surface area contributed by atoms with Gasteiger partial charge in [-0.25, -0.2) is 0 Å². The number of benzene rings is 1. The van der Waals surface area contributed by atoms with Gasteiger partial charge in [-0.15, -0.1) is 15.3 Å². The van der Waals surface area contributed by atoms with E-state index in [1.807, 2.05) is 12.1 Å². The van der Waals surface area contributed by atoms with Crippen molar-refractivity contribution in [3.63, 3.8) is 0 Å². The van der Waals surface area contributed by atoms with Crippen LogP contribution in [-0.4, -0.2) is 61.7 Å². The SMILES string of the molecule is O=C(Cc1ccc(F)c([N+](=O)[O-])c1)N1CCN(c2ccc3nncn3n2)CC1. The third kappa shape index (κ3) is 3.46. The maximum Gasteiger partial charge on any atom is 0.305 e. The average molecular weight is 385 g/mol. The van der Waals surface area contributed by atoms with Gasteiger partial charge in [-0.05, 0) is 23.8 Å². The molecule has 2 aromatic heterocycles. The zero-order valence-corrected chi connectivity index (χ0v) is 14.7. The van der Waals surface area contributed by atoms with Gasteiger partial charge in [0.15, 0.2) is 5.65 Å². The molecular formula is C17H16FN7O3. The Hall–Kier alpha value is -3.63. The third-order valence-electron chi connectivity index (χ3n) is 4.67. The molecule has 10 nitrogen and oxygen atoms in total. The van der Waals surface area contributed by atoms with Gasteiger partial charge in [-0.1, -0.05) is 6.07 Å². The van der Waals surface area contributed by atoms with E-state index in [9.17, 15) is 19.3 Å². The normalized spacial score (nSPS) is 14.5. The summed E-state index contributed by atoms with van der Waals surface area (Å²) < 4.78 is 15.0. The minimum atomic E-state index is -0.910. The highest BCUT2D eigenvalue weighted by Crippen LogP contribution is 2.20. The topological polar surface area (TPSA) is 110 Å². The predicted octanol–water partition coefficient (Wildman–Crippen LogP) is 1.06. The molecule has 0 spiro atoms. The summed E-state index contributed by atoms with van der Waals surface area (Å²) in [5.41, 5.74) is 0.455. The van der Waals surface area contributed by atoms with Crippen molar-refractivity contribution in [3.8, 4) is 0 Å². The molecule has 0 saturated carbocycles. The van der Waals surface area contributed by atoms with Crippen LogP contribution in [0.15, 0.2) is 36.7 Å². The number of fused-ring (bicyclic) bond motifs is 1. The van der Waals surface area contributed by atoms with E-state index in [0.29, 0.717) is 37.4 Å². The standard InChI is InChI=1S/C17H16FN7O3/c18-13-2-1-12(9-14(13)25(27)28)10-17(26)23-7-5-22(6-8-23)16-4-3-15-20-19-11-24(15)21-16/h1-4,9,11H,5-8,10H2. The number of amides is 1. The second kappa shape index (κ2) is 7.18. The van der Waals surface area contributed by atoms with E-state index < -0.39 is 16.4 Å². The van der Waals surface area contributed by atoms with Gasteiger partial charge in [0.1, 0.15) is 12.1 Å². The van der Waals surface area contributed by atoms with Crippen LogP contribution in [0.2, 0.25) is 0 Å². The lowest BCUT2D eigenvalue weighted by Crippen LogP contribution is -2.49. The van der Waals surface area contributed by atoms with Gasteiger partial charge >= 0.3 is 5.69 Å². The van der Waals surface area contributed by atoms with Crippen LogP contribution in [0.5, 0.6) is 0 Å². The zero-order chi connectivity index (χ0) is 19.7. The molecule has 1 aromatic carbocycles. The lowest BCUT2D eigenvalue weighted by atomic mass is 10.1. The van der Waals surface area contributed by atoms with E-state index in [2.05, 4.69) is 20.2 Å². The first-order valence-corrected chi connectivity index (χ1v) is 8.64. The van der Waals surface area contributed by atoms with Gasteiger partial charge in [0.2, 0.25) is 11.7 Å². The Kier molecular flexibility index (Phi) is 4.55. The van der Waals surface area contributed by atoms with Gasteiger partial charge < -0.3 is 9.80 Å². The molecule has 1 aliphatic rings. The Morgan fingerprint density at radius 3 is 2.71 bits per heavy atom. The van der Waals surface area contributed by atoms with Crippen molar-refractivity contribution >= 4 is 23.1 Å². The van der Waals surface area contributed by atoms with Crippen LogP contribution >= 0.6 is 0 Å². The van der Waals surface area contributed by atoms with Crippen LogP contribution in [0.4, 0.5) is 15.9 Å². The molecule has 0 aliphatic carbocycles. The number of hydrogen-bond acceptors (Lipinski definition) is 7. The number of hydrogen-bond donors (Lipinski definition) is 0. The van der Waals surface area contributed by atoms with Crippen LogP contribution in [0.1, 0.15) is 5.56 Å². The number of nitrogens with zero attached hydrogens (tertiary/aromatic N) is 7. The summed E-state index contributed by atoms with van der Waals surface area (Å²) in [5.74, 6) is -0.288. The van der Waals surface area contributed by atoms with Crippen LogP contribution in [0.3, 0.4) is 0 Å². The highest BCUT2D eigenvalue weighted by Gasteiger charge is 2.23. The first kappa shape index (κ1) is 17.8. The number of aromatic nitrogens is 4. The van der Waals surface area contributed by atoms with Crippen molar-refractivity contribution in [1.29, 1.82) is 0 Å². The highest BCUT2D eigenvalue weighted by molar-refractivity contribution is 5.79. The molecule has 1 amide bonds. The minimum absolute atomic E-state index is 0.00790. The number of nitro groups is 1. The van der Waals surface area contributed by atoms with Gasteiger partial charge in [-0.3, -0.25) is 14.9 Å². The van der Waals surface area contributed by atoms with Gasteiger partial charge in [-0.2, -0.15) is 8.91 Å². The molecule has 1 aliphatic heterocycles. The number of rotatable bonds is 4. The molecule has 4 rings (SSSR count). The molecule has 1 saturated heterocycles. The molecule has 11 heteroatoms. The van der Waals surface area contributed by atoms with Gasteiger partial charge in [0, 0.05) is 32.2 Å². The fourth-order valence-electron chi connectivity index (χ4n) is 3.17. The third-order valence-corrected chi connectivity index (χ3v) is 4.67. The van der Waals surface area contributed by atoms with E-state index in [-0.39, 0.29) is 12.3 Å². The van der Waals surface area contributed by atoms with Gasteiger partial charge in [0.25, 0.3) is 0 Å². The predicted molar refractivity (Wildman–Crippen MR) is 96.3 cm³/mol. The van der Waals surface area contributed by atoms with E-state index in [4.69, 9.17) is 0 Å². The Morgan fingerprint density at radius 1 is 1.18 bits per heavy atom. The first-order chi connectivity index (χ1) is 13.5. The molecule has 144 valence electrons. The van der Waals surface area contributed by atoms with Crippen molar-refractivity contribution in [2.45, 2.75) is 6.42 Å². The Morgan fingerprint density at radius 2 is 1.96 bits per heavy atom. The van der Waals surface area contributed by atoms with Gasteiger partial charge in [0.05, 0.1) is 11.3 Å². The van der Waals surface area contributed by atoms with E-state index in [1.54, 1.807) is 9.42 Å². The van der Waals surface area contributed by atoms with Crippen molar-refractivity contribution in [3.05, 3.63) is 58.2 Å². The summed E-state index contributed by atoms with van der Waals surface area (Å²) in [6.45, 7) is 2.22. The number of piperazine rings is 1. The van der Waals surface area contributed by atoms with Crippen LogP contribution in [-0.2, 0) is 11.2 Å². The molecule has 0 bridgehead atoms. The quantitative estimate of drug-likeness (QED) is 0.488. The minimum Gasteiger partial charge on any atom is -0.352 e. The first-order valence-electron chi connectivity index (χ1n) is 8.64. The summed E-state index contributed by atoms with van der Waals surface area (Å²) in [4.78, 5) is 26.3. The van der Waals surface area contributed by atoms with Crippen molar-refractivity contribution < 1.29 is 14.1 Å². The molecular weight excluding hydrogens is 369 g/mol. The maximum atomic E-state index is 13.4. The Balaban J connectivity index is 1.38. The molecule has 1 fully saturated rings. The zero-order valence-electron chi connectivity index (χ0n) is 14.7. The number of anilines is 1. The van der Waals surface area contributed by atoms with Crippen LogP contribution < -0.4 is 4.90 Å². The monoisotopic (exact) mass is 385 g/mol. The fraction of sp³-hybridized carbons (Fsp3) is 0.294. The van der Waals surface area contributed by atoms with Crippen molar-refractivity contribution in [2.75, 3.05) is 31.1 Å². The van der Waals surface area contributed by atoms with Crippen molar-refractivity contribution in [2.24, 2.45) is 0 Å². The molecule has 28 heavy (non-hydrogen) atoms. The average Bonchev–Trinajstić information content (AvgIpc) is 3.17. The summed E-state index contributed by atoms with van der Waals surface area (Å²) >= 11 is 0. The summed E-state index contributed by atoms with van der Waals surface area (Å²) in [7, 11) is 0. The van der Waals surface area contributed by atoms with Crippen molar-refractivity contribution in [1.82, 2.24) is 24.7 Å². The van der Waals surface area contributed by atoms with Crippen LogP contribution in [0.25, 0.3) is 5.65 Å². The lowest BCUT2D eigenvalue weighted by molar-refractivity contribution is -0.387. The molecule has 0 unspecified atom stereocenters. The summed E-state index contributed by atoms with van der Waals surface area (Å²) in [5, 5.41) is 23.0. The van der Waals surface area contributed by atoms with E-state index in [0.717, 1.165) is 18.0 Å². The fourth-order valence-corrected chi connectivity index (χ4v) is 3.17. The molecule has 0 N–H and O–H groups in total. The summed E-state index contributed by atoms with van der Waals surface area (Å²) in [6.07, 6.45) is 1.52. The van der Waals surface area contributed by atoms with E-state index >= 15 is 0 Å². The molecule has 3 aromatic rings. The number of halogens is 1. The number of carbonyl (C=O) groups excluding carboxylic acids is 1. The lowest BCUT2D eigenvalue weighted by Gasteiger charge is -2.35. The van der Waals surface area contributed by atoms with E-state index in [1.165, 1.54) is 12.4 Å². The number of nitro benzene ring substituents is 1. The highest BCUT2D eigenvalue weighted by atomic mass is 19.1. The smallest absolute Gasteiger partial charge is 0.305 e. The van der Waals surface area contributed by atoms with Crippen LogP contribution in [0, 0.1) is 15.9 Å². The second-order valence-electron chi connectivity index (χ2n) is 6.41. The Bertz CT molecular complexity index is 1050. The molecule has 3 heterocycles. The largest absolute Gasteiger partial charge is 0.352 e. The maximum absolute atomic E-state index is 13.4. The molecule has 0 atom stereocenters. The number of carbonyl (C=O) groups is 1. The second-order valence-corrected chi connectivity index (χ2v) is 6.41.